The molecular weight excluding hydrogens is 394 g/mol. The Morgan fingerprint density at radius 2 is 1.16 bits per heavy atom. The highest BCUT2D eigenvalue weighted by Gasteiger charge is 2.04. The molecule has 6 heteroatoms. The Labute approximate surface area is 191 Å². The lowest BCUT2D eigenvalue weighted by Crippen LogP contribution is -2.26. The molecule has 1 N–H and O–H groups in total. The van der Waals surface area contributed by atoms with Crippen LogP contribution in [-0.2, 0) is 19.0 Å². The Bertz CT molecular complexity index is 403. The van der Waals surface area contributed by atoms with Gasteiger partial charge < -0.3 is 19.5 Å². The Morgan fingerprint density at radius 3 is 1.74 bits per heavy atom. The number of methoxy groups -OCH3 is 1. The maximum atomic E-state index is 11.7. The van der Waals surface area contributed by atoms with Crippen molar-refractivity contribution in [2.45, 2.75) is 116 Å². The molecular formula is C25H49NO5. The van der Waals surface area contributed by atoms with E-state index in [1.54, 1.807) is 7.11 Å². The molecule has 0 aliphatic heterocycles. The number of esters is 1. The first kappa shape index (κ1) is 29.7. The second kappa shape index (κ2) is 25.0. The van der Waals surface area contributed by atoms with Gasteiger partial charge in [-0.2, -0.15) is 0 Å². The molecule has 31 heavy (non-hydrogen) atoms. The lowest BCUT2D eigenvalue weighted by atomic mass is 10.0. The summed E-state index contributed by atoms with van der Waals surface area (Å²) in [5, 5.41) is 2.68. The Balaban J connectivity index is 3.22. The van der Waals surface area contributed by atoms with Crippen molar-refractivity contribution in [1.82, 2.24) is 5.32 Å². The highest BCUT2D eigenvalue weighted by Crippen LogP contribution is 2.12. The van der Waals surface area contributed by atoms with Crippen LogP contribution in [0.15, 0.2) is 0 Å². The summed E-state index contributed by atoms with van der Waals surface area (Å²) in [6, 6.07) is 0. The molecule has 0 fully saturated rings. The standard InChI is InChI=1S/C25H49NO5/c1-3-4-5-6-7-8-9-10-11-12-13-14-18-21-30-24(27)19-16-15-17-20-26-25(28)31-23-22-29-2/h3-23H2,1-2H3,(H,26,28). The second-order valence-corrected chi connectivity index (χ2v) is 8.33. The summed E-state index contributed by atoms with van der Waals surface area (Å²) in [4.78, 5) is 23.0. The van der Waals surface area contributed by atoms with Crippen LogP contribution in [0, 0.1) is 0 Å². The molecule has 0 unspecified atom stereocenters. The van der Waals surface area contributed by atoms with Gasteiger partial charge in [0.1, 0.15) is 6.61 Å². The van der Waals surface area contributed by atoms with Crippen molar-refractivity contribution >= 4 is 12.1 Å². The number of ether oxygens (including phenoxy) is 3. The summed E-state index contributed by atoms with van der Waals surface area (Å²) in [6.07, 6.45) is 19.6. The number of alkyl carbamates (subject to hydrolysis) is 1. The number of rotatable bonds is 23. The Hall–Kier alpha value is -1.30. The van der Waals surface area contributed by atoms with Crippen LogP contribution < -0.4 is 5.32 Å². The topological polar surface area (TPSA) is 73.9 Å². The minimum Gasteiger partial charge on any atom is -0.466 e. The fourth-order valence-electron chi connectivity index (χ4n) is 3.41. The summed E-state index contributed by atoms with van der Waals surface area (Å²) >= 11 is 0. The highest BCUT2D eigenvalue weighted by atomic mass is 16.6. The van der Waals surface area contributed by atoms with Gasteiger partial charge in [-0.05, 0) is 19.3 Å². The van der Waals surface area contributed by atoms with E-state index in [0.717, 1.165) is 32.1 Å². The SMILES string of the molecule is CCCCCCCCCCCCCCCOC(=O)CCCCCNC(=O)OCCOC. The molecule has 1 amide bonds. The predicted molar refractivity (Wildman–Crippen MR) is 126 cm³/mol. The maximum absolute atomic E-state index is 11.7. The van der Waals surface area contributed by atoms with Gasteiger partial charge in [-0.1, -0.05) is 90.4 Å². The zero-order chi connectivity index (χ0) is 22.8. The number of amides is 1. The molecule has 0 aliphatic carbocycles. The van der Waals surface area contributed by atoms with E-state index in [9.17, 15) is 9.59 Å². The van der Waals surface area contributed by atoms with Crippen molar-refractivity contribution in [3.63, 3.8) is 0 Å². The van der Waals surface area contributed by atoms with Crippen molar-refractivity contribution in [2.75, 3.05) is 33.5 Å². The molecule has 0 saturated carbocycles. The van der Waals surface area contributed by atoms with Crippen LogP contribution in [-0.4, -0.2) is 45.5 Å². The lowest BCUT2D eigenvalue weighted by molar-refractivity contribution is -0.143. The zero-order valence-corrected chi connectivity index (χ0v) is 20.4. The molecule has 0 aromatic rings. The van der Waals surface area contributed by atoms with E-state index < -0.39 is 6.09 Å². The third kappa shape index (κ3) is 24.8. The molecule has 0 bridgehead atoms. The molecule has 0 aromatic heterocycles. The third-order valence-electron chi connectivity index (χ3n) is 5.36. The number of carbonyl (C=O) groups excluding carboxylic acids is 2. The van der Waals surface area contributed by atoms with Crippen LogP contribution in [0.3, 0.4) is 0 Å². The fourth-order valence-corrected chi connectivity index (χ4v) is 3.41. The first-order valence-corrected chi connectivity index (χ1v) is 12.8. The van der Waals surface area contributed by atoms with Gasteiger partial charge in [0.25, 0.3) is 0 Å². The average Bonchev–Trinajstić information content (AvgIpc) is 2.76. The smallest absolute Gasteiger partial charge is 0.407 e. The molecule has 0 heterocycles. The second-order valence-electron chi connectivity index (χ2n) is 8.33. The van der Waals surface area contributed by atoms with E-state index in [2.05, 4.69) is 12.2 Å². The quantitative estimate of drug-likeness (QED) is 0.143. The predicted octanol–water partition coefficient (Wildman–Crippen LogP) is 6.55. The maximum Gasteiger partial charge on any atom is 0.407 e. The molecule has 0 saturated heterocycles. The van der Waals surface area contributed by atoms with Gasteiger partial charge in [-0.25, -0.2) is 4.79 Å². The highest BCUT2D eigenvalue weighted by molar-refractivity contribution is 5.69. The number of nitrogens with one attached hydrogen (secondary N) is 1. The zero-order valence-electron chi connectivity index (χ0n) is 20.4. The van der Waals surface area contributed by atoms with Gasteiger partial charge in [0.2, 0.25) is 0 Å². The van der Waals surface area contributed by atoms with Gasteiger partial charge in [-0.15, -0.1) is 0 Å². The first-order chi connectivity index (χ1) is 15.2. The molecule has 0 rings (SSSR count). The summed E-state index contributed by atoms with van der Waals surface area (Å²) in [5.74, 6) is -0.106. The molecule has 184 valence electrons. The van der Waals surface area contributed by atoms with Crippen LogP contribution in [0.2, 0.25) is 0 Å². The molecule has 0 spiro atoms. The van der Waals surface area contributed by atoms with Crippen molar-refractivity contribution in [3.05, 3.63) is 0 Å². The summed E-state index contributed by atoms with van der Waals surface area (Å²) in [7, 11) is 1.56. The summed E-state index contributed by atoms with van der Waals surface area (Å²) < 4.78 is 15.0. The number of carbonyl (C=O) groups is 2. The van der Waals surface area contributed by atoms with Crippen LogP contribution in [0.1, 0.15) is 116 Å². The van der Waals surface area contributed by atoms with Crippen molar-refractivity contribution in [2.24, 2.45) is 0 Å². The average molecular weight is 444 g/mol. The fraction of sp³-hybridized carbons (Fsp3) is 0.920. The summed E-state index contributed by atoms with van der Waals surface area (Å²) in [6.45, 7) is 4.02. The minimum atomic E-state index is -0.422. The van der Waals surface area contributed by atoms with Crippen LogP contribution >= 0.6 is 0 Å². The molecule has 0 atom stereocenters. The molecule has 0 radical (unpaired) electrons. The normalized spacial score (nSPS) is 10.8. The van der Waals surface area contributed by atoms with Gasteiger partial charge in [-0.3, -0.25) is 4.79 Å². The Kier molecular flexibility index (Phi) is 23.9. The van der Waals surface area contributed by atoms with Crippen LogP contribution in [0.25, 0.3) is 0 Å². The number of unbranched alkanes of at least 4 members (excludes halogenated alkanes) is 14. The lowest BCUT2D eigenvalue weighted by Gasteiger charge is -2.07. The van der Waals surface area contributed by atoms with E-state index in [1.165, 1.54) is 70.6 Å². The number of hydrogen-bond donors (Lipinski definition) is 1. The molecule has 6 nitrogen and oxygen atoms in total. The van der Waals surface area contributed by atoms with E-state index >= 15 is 0 Å². The van der Waals surface area contributed by atoms with E-state index in [0.29, 0.717) is 26.2 Å². The van der Waals surface area contributed by atoms with Crippen molar-refractivity contribution in [1.29, 1.82) is 0 Å². The van der Waals surface area contributed by atoms with E-state index in [1.807, 2.05) is 0 Å². The molecule has 0 aliphatic rings. The van der Waals surface area contributed by atoms with Gasteiger partial charge >= 0.3 is 12.1 Å². The van der Waals surface area contributed by atoms with Crippen molar-refractivity contribution in [3.8, 4) is 0 Å². The number of hydrogen-bond acceptors (Lipinski definition) is 5. The van der Waals surface area contributed by atoms with E-state index in [-0.39, 0.29) is 12.6 Å². The largest absolute Gasteiger partial charge is 0.466 e. The Morgan fingerprint density at radius 1 is 0.613 bits per heavy atom. The minimum absolute atomic E-state index is 0.106. The van der Waals surface area contributed by atoms with Crippen LogP contribution in [0.4, 0.5) is 4.79 Å². The van der Waals surface area contributed by atoms with Gasteiger partial charge in [0.15, 0.2) is 0 Å². The van der Waals surface area contributed by atoms with Crippen LogP contribution in [0.5, 0.6) is 0 Å². The summed E-state index contributed by atoms with van der Waals surface area (Å²) in [5.41, 5.74) is 0. The van der Waals surface area contributed by atoms with E-state index in [4.69, 9.17) is 14.2 Å². The monoisotopic (exact) mass is 443 g/mol. The molecule has 0 aromatic carbocycles. The van der Waals surface area contributed by atoms with Gasteiger partial charge in [0, 0.05) is 20.1 Å². The first-order valence-electron chi connectivity index (χ1n) is 12.8. The van der Waals surface area contributed by atoms with Crippen molar-refractivity contribution < 1.29 is 23.8 Å². The van der Waals surface area contributed by atoms with Gasteiger partial charge in [0.05, 0.1) is 13.2 Å². The third-order valence-corrected chi connectivity index (χ3v) is 5.36.